The largest absolute Gasteiger partial charge is 0.338 e. The molecule has 1 aromatic heterocycles. The number of nitrogens with two attached hydrogens (primary N) is 1. The second kappa shape index (κ2) is 5.36. The molecule has 0 bridgehead atoms. The molecule has 2 fully saturated rings. The van der Waals surface area contributed by atoms with Crippen molar-refractivity contribution in [1.82, 2.24) is 15.0 Å². The van der Waals surface area contributed by atoms with Gasteiger partial charge in [0.2, 0.25) is 5.89 Å². The van der Waals surface area contributed by atoms with Crippen molar-refractivity contribution in [3.8, 4) is 0 Å². The van der Waals surface area contributed by atoms with Gasteiger partial charge in [0.25, 0.3) is 0 Å². The average molecular weight is 250 g/mol. The van der Waals surface area contributed by atoms with Crippen LogP contribution in [0.1, 0.15) is 49.7 Å². The molecule has 2 heterocycles. The lowest BCUT2D eigenvalue weighted by molar-refractivity contribution is 0.156. The minimum atomic E-state index is 0.581. The number of piperidine rings is 1. The predicted molar refractivity (Wildman–Crippen MR) is 67.9 cm³/mol. The molecule has 5 nitrogen and oxygen atoms in total. The summed E-state index contributed by atoms with van der Waals surface area (Å²) >= 11 is 0. The summed E-state index contributed by atoms with van der Waals surface area (Å²) in [5.74, 6) is 3.10. The van der Waals surface area contributed by atoms with Gasteiger partial charge in [0.1, 0.15) is 0 Å². The molecule has 100 valence electrons. The molecule has 1 aliphatic heterocycles. The fourth-order valence-corrected chi connectivity index (χ4v) is 2.70. The first-order chi connectivity index (χ1) is 8.85. The molecule has 0 atom stereocenters. The lowest BCUT2D eigenvalue weighted by atomic mass is 9.94. The van der Waals surface area contributed by atoms with Crippen molar-refractivity contribution in [2.24, 2.45) is 11.7 Å². The molecule has 18 heavy (non-hydrogen) atoms. The fraction of sp³-hybridized carbons (Fsp3) is 0.846. The highest BCUT2D eigenvalue weighted by Gasteiger charge is 2.29. The first kappa shape index (κ1) is 12.1. The van der Waals surface area contributed by atoms with Crippen LogP contribution in [0, 0.1) is 5.92 Å². The molecular formula is C13H22N4O. The van der Waals surface area contributed by atoms with Gasteiger partial charge in [0.15, 0.2) is 5.82 Å². The van der Waals surface area contributed by atoms with Gasteiger partial charge in [-0.3, -0.25) is 4.90 Å². The highest BCUT2D eigenvalue weighted by atomic mass is 16.5. The minimum Gasteiger partial charge on any atom is -0.338 e. The van der Waals surface area contributed by atoms with E-state index >= 15 is 0 Å². The fourth-order valence-electron chi connectivity index (χ4n) is 2.70. The second-order valence-corrected chi connectivity index (χ2v) is 5.62. The Bertz CT molecular complexity index is 380. The number of aromatic nitrogens is 2. The summed E-state index contributed by atoms with van der Waals surface area (Å²) in [5.41, 5.74) is 5.61. The maximum atomic E-state index is 5.61. The van der Waals surface area contributed by atoms with E-state index in [0.29, 0.717) is 5.92 Å². The topological polar surface area (TPSA) is 68.2 Å². The second-order valence-electron chi connectivity index (χ2n) is 5.62. The van der Waals surface area contributed by atoms with Crippen molar-refractivity contribution in [3.05, 3.63) is 11.7 Å². The van der Waals surface area contributed by atoms with Gasteiger partial charge in [-0.2, -0.15) is 4.98 Å². The zero-order chi connectivity index (χ0) is 12.4. The number of hydrogen-bond donors (Lipinski definition) is 1. The molecule has 3 rings (SSSR count). The first-order valence-electron chi connectivity index (χ1n) is 7.10. The Morgan fingerprint density at radius 1 is 1.22 bits per heavy atom. The third-order valence-electron chi connectivity index (χ3n) is 4.07. The number of hydrogen-bond acceptors (Lipinski definition) is 5. The van der Waals surface area contributed by atoms with Crippen LogP contribution in [0.4, 0.5) is 0 Å². The summed E-state index contributed by atoms with van der Waals surface area (Å²) in [7, 11) is 0. The Kier molecular flexibility index (Phi) is 3.61. The third-order valence-corrected chi connectivity index (χ3v) is 4.07. The van der Waals surface area contributed by atoms with Crippen LogP contribution < -0.4 is 5.73 Å². The highest BCUT2D eigenvalue weighted by Crippen LogP contribution is 2.38. The van der Waals surface area contributed by atoms with Crippen LogP contribution in [0.5, 0.6) is 0 Å². The molecule has 1 aliphatic carbocycles. The molecular weight excluding hydrogens is 228 g/mol. The SMILES string of the molecule is NCCC1CCN(Cc2nc(C3CC3)no2)CC1. The number of nitrogens with zero attached hydrogens (tertiary/aromatic N) is 3. The van der Waals surface area contributed by atoms with Gasteiger partial charge in [-0.1, -0.05) is 5.16 Å². The van der Waals surface area contributed by atoms with Crippen molar-refractivity contribution >= 4 is 0 Å². The lowest BCUT2D eigenvalue weighted by Crippen LogP contribution is -2.33. The molecule has 0 aromatic carbocycles. The molecule has 1 saturated carbocycles. The van der Waals surface area contributed by atoms with Crippen molar-refractivity contribution in [3.63, 3.8) is 0 Å². The van der Waals surface area contributed by atoms with E-state index in [1.165, 1.54) is 32.1 Å². The van der Waals surface area contributed by atoms with E-state index in [0.717, 1.165) is 43.8 Å². The summed E-state index contributed by atoms with van der Waals surface area (Å²) in [6.45, 7) is 3.89. The summed E-state index contributed by atoms with van der Waals surface area (Å²) < 4.78 is 5.32. The normalized spacial score (nSPS) is 22.5. The van der Waals surface area contributed by atoms with Crippen LogP contribution in [0.2, 0.25) is 0 Å². The zero-order valence-corrected chi connectivity index (χ0v) is 10.8. The van der Waals surface area contributed by atoms with E-state index in [4.69, 9.17) is 10.3 Å². The van der Waals surface area contributed by atoms with E-state index < -0.39 is 0 Å². The monoisotopic (exact) mass is 250 g/mol. The van der Waals surface area contributed by atoms with Crippen LogP contribution in [0.3, 0.4) is 0 Å². The Morgan fingerprint density at radius 3 is 2.67 bits per heavy atom. The molecule has 0 spiro atoms. The summed E-state index contributed by atoms with van der Waals surface area (Å²) in [4.78, 5) is 6.90. The van der Waals surface area contributed by atoms with Crippen molar-refractivity contribution in [2.45, 2.75) is 44.6 Å². The van der Waals surface area contributed by atoms with E-state index in [-0.39, 0.29) is 0 Å². The lowest BCUT2D eigenvalue weighted by Gasteiger charge is -2.30. The van der Waals surface area contributed by atoms with Crippen LogP contribution in [0.25, 0.3) is 0 Å². The van der Waals surface area contributed by atoms with E-state index in [1.807, 2.05) is 0 Å². The van der Waals surface area contributed by atoms with E-state index in [1.54, 1.807) is 0 Å². The standard InChI is InChI=1S/C13H22N4O/c14-6-3-10-4-7-17(8-5-10)9-12-15-13(16-18-12)11-1-2-11/h10-11H,1-9,14H2. The highest BCUT2D eigenvalue weighted by molar-refractivity contribution is 5.03. The maximum Gasteiger partial charge on any atom is 0.240 e. The van der Waals surface area contributed by atoms with Gasteiger partial charge in [-0.25, -0.2) is 0 Å². The van der Waals surface area contributed by atoms with Crippen molar-refractivity contribution < 1.29 is 4.52 Å². The minimum absolute atomic E-state index is 0.581. The summed E-state index contributed by atoms with van der Waals surface area (Å²) in [6.07, 6.45) is 6.12. The molecule has 0 radical (unpaired) electrons. The van der Waals surface area contributed by atoms with E-state index in [9.17, 15) is 0 Å². The molecule has 1 aromatic rings. The zero-order valence-electron chi connectivity index (χ0n) is 10.8. The Labute approximate surface area is 108 Å². The van der Waals surface area contributed by atoms with Gasteiger partial charge in [0.05, 0.1) is 6.54 Å². The van der Waals surface area contributed by atoms with Crippen LogP contribution in [0.15, 0.2) is 4.52 Å². The van der Waals surface area contributed by atoms with Crippen LogP contribution in [-0.2, 0) is 6.54 Å². The van der Waals surface area contributed by atoms with Gasteiger partial charge in [-0.05, 0) is 57.7 Å². The van der Waals surface area contributed by atoms with Gasteiger partial charge in [0, 0.05) is 5.92 Å². The van der Waals surface area contributed by atoms with Gasteiger partial charge >= 0.3 is 0 Å². The number of rotatable bonds is 5. The maximum absolute atomic E-state index is 5.61. The molecule has 0 unspecified atom stereocenters. The summed E-state index contributed by atoms with van der Waals surface area (Å²) in [6, 6.07) is 0. The van der Waals surface area contributed by atoms with Gasteiger partial charge in [-0.15, -0.1) is 0 Å². The molecule has 0 amide bonds. The Hall–Kier alpha value is -0.940. The van der Waals surface area contributed by atoms with Crippen molar-refractivity contribution in [1.29, 1.82) is 0 Å². The van der Waals surface area contributed by atoms with Gasteiger partial charge < -0.3 is 10.3 Å². The Balaban J connectivity index is 1.47. The predicted octanol–water partition coefficient (Wildman–Crippen LogP) is 1.51. The van der Waals surface area contributed by atoms with Crippen LogP contribution >= 0.6 is 0 Å². The van der Waals surface area contributed by atoms with Crippen molar-refractivity contribution in [2.75, 3.05) is 19.6 Å². The quantitative estimate of drug-likeness (QED) is 0.858. The Morgan fingerprint density at radius 2 is 2.00 bits per heavy atom. The average Bonchev–Trinajstić information content (AvgIpc) is 3.13. The van der Waals surface area contributed by atoms with Crippen LogP contribution in [-0.4, -0.2) is 34.7 Å². The first-order valence-corrected chi connectivity index (χ1v) is 7.10. The summed E-state index contributed by atoms with van der Waals surface area (Å²) in [5, 5.41) is 4.06. The third kappa shape index (κ3) is 2.90. The smallest absolute Gasteiger partial charge is 0.240 e. The van der Waals surface area contributed by atoms with E-state index in [2.05, 4.69) is 15.0 Å². The molecule has 5 heteroatoms. The molecule has 2 N–H and O–H groups in total. The number of likely N-dealkylation sites (tertiary alicyclic amines) is 1. The molecule has 2 aliphatic rings. The molecule has 1 saturated heterocycles.